The molecule has 9 nitrogen and oxygen atoms in total. The van der Waals surface area contributed by atoms with E-state index < -0.39 is 21.5 Å². The number of methoxy groups -OCH3 is 1. The van der Waals surface area contributed by atoms with Crippen LogP contribution in [0.25, 0.3) is 10.2 Å². The topological polar surface area (TPSA) is 111 Å². The minimum absolute atomic E-state index is 0.00347. The van der Waals surface area contributed by atoms with E-state index in [1.165, 1.54) is 23.8 Å². The number of aromatic nitrogens is 2. The number of hydrogen-bond acceptors (Lipinski definition) is 7. The van der Waals surface area contributed by atoms with Gasteiger partial charge in [-0.15, -0.1) is 11.3 Å². The summed E-state index contributed by atoms with van der Waals surface area (Å²) in [5.74, 6) is 0.450. The number of carbonyl (C=O) groups excluding carboxylic acids is 1. The van der Waals surface area contributed by atoms with E-state index >= 15 is 0 Å². The standard InChI is InChI=1S/C22H25ClN4O5S2/c1-13-6-8-27(9-7-13)34(30,31)20-14(2)33-21-19(20)22(29)26(12-24-21)11-18(28)25-15-4-5-17(32-3)16(23)10-15/h4-5,10,12-13H,6-9,11H2,1-3H3,(H,25,28). The number of hydrogen-bond donors (Lipinski definition) is 1. The van der Waals surface area contributed by atoms with E-state index in [0.717, 1.165) is 28.7 Å². The van der Waals surface area contributed by atoms with Crippen LogP contribution in [0.15, 0.2) is 34.2 Å². The minimum atomic E-state index is -3.86. The number of fused-ring (bicyclic) bond motifs is 1. The Bertz CT molecular complexity index is 1410. The molecule has 182 valence electrons. The number of piperidine rings is 1. The number of carbonyl (C=O) groups is 1. The number of nitrogens with one attached hydrogen (secondary N) is 1. The summed E-state index contributed by atoms with van der Waals surface area (Å²) in [5, 5.41) is 3.03. The van der Waals surface area contributed by atoms with Crippen molar-refractivity contribution >= 4 is 54.8 Å². The van der Waals surface area contributed by atoms with Crippen LogP contribution in [0.4, 0.5) is 5.69 Å². The molecule has 34 heavy (non-hydrogen) atoms. The Labute approximate surface area is 206 Å². The second kappa shape index (κ2) is 9.65. The maximum Gasteiger partial charge on any atom is 0.263 e. The molecule has 1 N–H and O–H groups in total. The Balaban J connectivity index is 1.64. The Morgan fingerprint density at radius 3 is 2.68 bits per heavy atom. The van der Waals surface area contributed by atoms with E-state index in [-0.39, 0.29) is 16.8 Å². The maximum atomic E-state index is 13.5. The Morgan fingerprint density at radius 1 is 1.32 bits per heavy atom. The van der Waals surface area contributed by atoms with Crippen LogP contribution >= 0.6 is 22.9 Å². The molecular weight excluding hydrogens is 500 g/mol. The number of amides is 1. The van der Waals surface area contributed by atoms with Gasteiger partial charge < -0.3 is 10.1 Å². The lowest BCUT2D eigenvalue weighted by atomic mass is 10.0. The molecule has 1 amide bonds. The van der Waals surface area contributed by atoms with Crippen LogP contribution in [0, 0.1) is 12.8 Å². The lowest BCUT2D eigenvalue weighted by Crippen LogP contribution is -2.38. The zero-order chi connectivity index (χ0) is 24.6. The first kappa shape index (κ1) is 24.6. The molecule has 0 atom stereocenters. The Hall–Kier alpha value is -2.47. The molecule has 1 aliphatic rings. The van der Waals surface area contributed by atoms with Gasteiger partial charge in [-0.3, -0.25) is 14.2 Å². The van der Waals surface area contributed by atoms with Crippen LogP contribution in [-0.2, 0) is 21.4 Å². The molecule has 0 unspecified atom stereocenters. The third-order valence-electron chi connectivity index (χ3n) is 5.89. The molecule has 0 radical (unpaired) electrons. The summed E-state index contributed by atoms with van der Waals surface area (Å²) in [6.07, 6.45) is 2.82. The second-order valence-corrected chi connectivity index (χ2v) is 11.8. The van der Waals surface area contributed by atoms with E-state index in [2.05, 4.69) is 17.2 Å². The molecule has 2 aromatic heterocycles. The fourth-order valence-corrected chi connectivity index (χ4v) is 7.38. The Morgan fingerprint density at radius 2 is 2.03 bits per heavy atom. The quantitative estimate of drug-likeness (QED) is 0.528. The van der Waals surface area contributed by atoms with Gasteiger partial charge in [-0.05, 0) is 43.9 Å². The van der Waals surface area contributed by atoms with Gasteiger partial charge in [-0.2, -0.15) is 4.31 Å². The van der Waals surface area contributed by atoms with Crippen LogP contribution in [0.5, 0.6) is 5.75 Å². The van der Waals surface area contributed by atoms with E-state index in [0.29, 0.717) is 45.2 Å². The molecule has 12 heteroatoms. The highest BCUT2D eigenvalue weighted by molar-refractivity contribution is 7.89. The summed E-state index contributed by atoms with van der Waals surface area (Å²) in [6.45, 7) is 4.28. The first-order valence-electron chi connectivity index (χ1n) is 10.7. The molecule has 1 aliphatic heterocycles. The molecule has 4 rings (SSSR count). The number of aryl methyl sites for hydroxylation is 1. The first-order valence-corrected chi connectivity index (χ1v) is 13.4. The summed E-state index contributed by atoms with van der Waals surface area (Å²) in [7, 11) is -2.38. The van der Waals surface area contributed by atoms with Crippen molar-refractivity contribution < 1.29 is 17.9 Å². The smallest absolute Gasteiger partial charge is 0.263 e. The number of ether oxygens (including phenoxy) is 1. The highest BCUT2D eigenvalue weighted by atomic mass is 35.5. The number of anilines is 1. The number of sulfonamides is 1. The van der Waals surface area contributed by atoms with Crippen molar-refractivity contribution in [1.82, 2.24) is 13.9 Å². The van der Waals surface area contributed by atoms with Gasteiger partial charge >= 0.3 is 0 Å². The predicted octanol–water partition coefficient (Wildman–Crippen LogP) is 3.49. The summed E-state index contributed by atoms with van der Waals surface area (Å²) in [4.78, 5) is 31.0. The fourth-order valence-electron chi connectivity index (χ4n) is 3.99. The first-order chi connectivity index (χ1) is 16.1. The molecule has 3 aromatic rings. The average Bonchev–Trinajstić information content (AvgIpc) is 3.13. The van der Waals surface area contributed by atoms with Crippen LogP contribution in [0.3, 0.4) is 0 Å². The van der Waals surface area contributed by atoms with E-state index in [1.54, 1.807) is 19.1 Å². The van der Waals surface area contributed by atoms with Crippen molar-refractivity contribution in [2.24, 2.45) is 5.92 Å². The highest BCUT2D eigenvalue weighted by Crippen LogP contribution is 2.34. The SMILES string of the molecule is COc1ccc(NC(=O)Cn2cnc3sc(C)c(S(=O)(=O)N4CCC(C)CC4)c3c2=O)cc1Cl. The van der Waals surface area contributed by atoms with E-state index in [9.17, 15) is 18.0 Å². The van der Waals surface area contributed by atoms with Gasteiger partial charge in [0.2, 0.25) is 15.9 Å². The second-order valence-electron chi connectivity index (χ2n) is 8.33. The van der Waals surface area contributed by atoms with Crippen molar-refractivity contribution in [2.75, 3.05) is 25.5 Å². The molecular formula is C22H25ClN4O5S2. The van der Waals surface area contributed by atoms with Crippen LogP contribution < -0.4 is 15.6 Å². The van der Waals surface area contributed by atoms with E-state index in [4.69, 9.17) is 16.3 Å². The molecule has 0 spiro atoms. The van der Waals surface area contributed by atoms with Gasteiger partial charge in [0.15, 0.2) is 0 Å². The summed E-state index contributed by atoms with van der Waals surface area (Å²) in [6, 6.07) is 4.78. The van der Waals surface area contributed by atoms with Gasteiger partial charge in [0.1, 0.15) is 22.0 Å². The monoisotopic (exact) mass is 524 g/mol. The molecule has 0 aliphatic carbocycles. The van der Waals surface area contributed by atoms with E-state index in [1.807, 2.05) is 0 Å². The van der Waals surface area contributed by atoms with Crippen molar-refractivity contribution in [3.05, 3.63) is 44.8 Å². The summed E-state index contributed by atoms with van der Waals surface area (Å²) < 4.78 is 34.6. The van der Waals surface area contributed by atoms with Crippen LogP contribution in [0.1, 0.15) is 24.6 Å². The third kappa shape index (κ3) is 4.70. The van der Waals surface area contributed by atoms with Crippen LogP contribution in [-0.4, -0.2) is 48.4 Å². The highest BCUT2D eigenvalue weighted by Gasteiger charge is 2.33. The normalized spacial score (nSPS) is 15.5. The van der Waals surface area contributed by atoms with Crippen LogP contribution in [0.2, 0.25) is 5.02 Å². The van der Waals surface area contributed by atoms with Crippen molar-refractivity contribution in [2.45, 2.75) is 38.1 Å². The number of benzene rings is 1. The molecule has 1 aromatic carbocycles. The third-order valence-corrected chi connectivity index (χ3v) is 9.40. The summed E-state index contributed by atoms with van der Waals surface area (Å²) in [5.41, 5.74) is -0.131. The molecule has 1 saturated heterocycles. The van der Waals surface area contributed by atoms with Gasteiger partial charge in [-0.25, -0.2) is 13.4 Å². The lowest BCUT2D eigenvalue weighted by molar-refractivity contribution is -0.116. The number of nitrogens with zero attached hydrogens (tertiary/aromatic N) is 3. The molecule has 3 heterocycles. The van der Waals surface area contributed by atoms with Crippen molar-refractivity contribution in [3.63, 3.8) is 0 Å². The maximum absolute atomic E-state index is 13.5. The molecule has 1 fully saturated rings. The average molecular weight is 525 g/mol. The Kier molecular flexibility index (Phi) is 6.99. The van der Waals surface area contributed by atoms with Crippen molar-refractivity contribution in [3.8, 4) is 5.75 Å². The zero-order valence-corrected chi connectivity index (χ0v) is 21.4. The number of halogens is 1. The minimum Gasteiger partial charge on any atom is -0.495 e. The van der Waals surface area contributed by atoms with Gasteiger partial charge in [0.05, 0.1) is 23.8 Å². The summed E-state index contributed by atoms with van der Waals surface area (Å²) >= 11 is 7.26. The van der Waals surface area contributed by atoms with Gasteiger partial charge in [0, 0.05) is 23.7 Å². The number of rotatable bonds is 6. The van der Waals surface area contributed by atoms with Gasteiger partial charge in [-0.1, -0.05) is 18.5 Å². The zero-order valence-electron chi connectivity index (χ0n) is 19.0. The predicted molar refractivity (Wildman–Crippen MR) is 132 cm³/mol. The molecule has 0 bridgehead atoms. The molecule has 0 saturated carbocycles. The lowest BCUT2D eigenvalue weighted by Gasteiger charge is -2.29. The largest absolute Gasteiger partial charge is 0.495 e. The fraction of sp³-hybridized carbons (Fsp3) is 0.409. The van der Waals surface area contributed by atoms with Gasteiger partial charge in [0.25, 0.3) is 5.56 Å². The van der Waals surface area contributed by atoms with Crippen molar-refractivity contribution in [1.29, 1.82) is 0 Å². The number of thiophene rings is 1.